The van der Waals surface area contributed by atoms with Gasteiger partial charge in [0.2, 0.25) is 0 Å². The fourth-order valence-electron chi connectivity index (χ4n) is 4.74. The number of methoxy groups -OCH3 is 1. The van der Waals surface area contributed by atoms with E-state index in [0.717, 1.165) is 33.0 Å². The van der Waals surface area contributed by atoms with Crippen molar-refractivity contribution in [1.82, 2.24) is 0 Å². The second kappa shape index (κ2) is 7.18. The number of aryl methyl sites for hydroxylation is 2. The summed E-state index contributed by atoms with van der Waals surface area (Å²) in [5, 5.41) is 12.9. The van der Waals surface area contributed by atoms with E-state index in [1.54, 1.807) is 24.3 Å². The zero-order valence-corrected chi connectivity index (χ0v) is 18.3. The molecule has 5 heteroatoms. The van der Waals surface area contributed by atoms with Crippen molar-refractivity contribution in [3.8, 4) is 22.6 Å². The number of aliphatic hydroxyl groups excluding tert-OH is 1. The summed E-state index contributed by atoms with van der Waals surface area (Å²) in [7, 11) is 1.34. The first-order valence-electron chi connectivity index (χ1n) is 10.4. The lowest BCUT2D eigenvalue weighted by Gasteiger charge is -2.22. The van der Waals surface area contributed by atoms with Gasteiger partial charge in [0.25, 0.3) is 0 Å². The minimum absolute atomic E-state index is 0.363. The third-order valence-corrected chi connectivity index (χ3v) is 6.26. The summed E-state index contributed by atoms with van der Waals surface area (Å²) < 4.78 is 11.0. The molecule has 1 heterocycles. The molecule has 1 N–H and O–H groups in total. The number of ether oxygens (including phenoxy) is 1. The van der Waals surface area contributed by atoms with E-state index in [1.807, 2.05) is 39.0 Å². The van der Waals surface area contributed by atoms with Gasteiger partial charge in [0.05, 0.1) is 18.2 Å². The number of hydrogen-bond donors (Lipinski definition) is 1. The molecule has 0 amide bonds. The topological polar surface area (TPSA) is 76.7 Å². The molecule has 0 saturated heterocycles. The highest BCUT2D eigenvalue weighted by Gasteiger charge is 2.37. The number of ketones is 1. The summed E-state index contributed by atoms with van der Waals surface area (Å²) in [6, 6.07) is 14.9. The Hall–Kier alpha value is -3.70. The predicted molar refractivity (Wildman–Crippen MR) is 122 cm³/mol. The highest BCUT2D eigenvalue weighted by atomic mass is 16.5. The molecule has 0 saturated carbocycles. The summed E-state index contributed by atoms with van der Waals surface area (Å²) in [4.78, 5) is 25.0. The van der Waals surface area contributed by atoms with Gasteiger partial charge in [0.1, 0.15) is 17.6 Å². The van der Waals surface area contributed by atoms with Crippen molar-refractivity contribution in [2.45, 2.75) is 26.9 Å². The molecule has 1 atom stereocenters. The van der Waals surface area contributed by atoms with Crippen LogP contribution in [0.25, 0.3) is 33.4 Å². The maximum atomic E-state index is 13.3. The van der Waals surface area contributed by atoms with E-state index in [2.05, 4.69) is 6.07 Å². The van der Waals surface area contributed by atoms with E-state index < -0.39 is 12.1 Å². The number of Topliss-reactive ketones (excluding diaryl/α,β-unsaturated/α-hetero) is 1. The lowest BCUT2D eigenvalue weighted by Crippen LogP contribution is -2.19. The zero-order chi connectivity index (χ0) is 22.7. The standard InChI is InChI=1S/C27H22O5/c1-13-11-14(2)18-9-10-19-22(20(18)12-13)24(29)23(28)21-15(3)25(32-26(19)21)16-5-7-17(8-6-16)27(30)31-4/h5-12,24,29H,1-4H3. The van der Waals surface area contributed by atoms with Crippen LogP contribution in [-0.2, 0) is 4.74 Å². The van der Waals surface area contributed by atoms with Crippen molar-refractivity contribution in [2.24, 2.45) is 0 Å². The van der Waals surface area contributed by atoms with Gasteiger partial charge in [-0.2, -0.15) is 0 Å². The van der Waals surface area contributed by atoms with Crippen LogP contribution >= 0.6 is 0 Å². The number of carbonyl (C=O) groups excluding carboxylic acids is 2. The van der Waals surface area contributed by atoms with Gasteiger partial charge in [0.15, 0.2) is 5.78 Å². The van der Waals surface area contributed by atoms with Crippen molar-refractivity contribution >= 4 is 22.5 Å². The van der Waals surface area contributed by atoms with Crippen molar-refractivity contribution in [3.05, 3.63) is 81.9 Å². The molecule has 1 unspecified atom stereocenters. The molecule has 1 aliphatic carbocycles. The Bertz CT molecular complexity index is 1420. The van der Waals surface area contributed by atoms with Crippen molar-refractivity contribution in [2.75, 3.05) is 7.11 Å². The number of hydrogen-bond acceptors (Lipinski definition) is 5. The fourth-order valence-corrected chi connectivity index (χ4v) is 4.74. The van der Waals surface area contributed by atoms with Crippen molar-refractivity contribution in [3.63, 3.8) is 0 Å². The number of esters is 1. The molecule has 0 fully saturated rings. The molecular weight excluding hydrogens is 404 g/mol. The Morgan fingerprint density at radius 1 is 0.969 bits per heavy atom. The van der Waals surface area contributed by atoms with E-state index in [4.69, 9.17) is 9.15 Å². The number of aliphatic hydroxyl groups is 1. The van der Waals surface area contributed by atoms with Crippen LogP contribution in [0.3, 0.4) is 0 Å². The highest BCUT2D eigenvalue weighted by molar-refractivity contribution is 6.13. The van der Waals surface area contributed by atoms with Crippen LogP contribution in [0.5, 0.6) is 0 Å². The maximum Gasteiger partial charge on any atom is 0.337 e. The van der Waals surface area contributed by atoms with Crippen LogP contribution in [0.4, 0.5) is 0 Å². The molecule has 5 rings (SSSR count). The smallest absolute Gasteiger partial charge is 0.337 e. The summed E-state index contributed by atoms with van der Waals surface area (Å²) in [5.41, 5.74) is 5.71. The van der Waals surface area contributed by atoms with Crippen LogP contribution in [0.15, 0.2) is 52.9 Å². The molecule has 4 aromatic rings. The van der Waals surface area contributed by atoms with Gasteiger partial charge in [-0.25, -0.2) is 4.79 Å². The number of benzene rings is 3. The van der Waals surface area contributed by atoms with E-state index >= 15 is 0 Å². The van der Waals surface area contributed by atoms with Crippen LogP contribution in [0.1, 0.15) is 49.1 Å². The average molecular weight is 426 g/mol. The van der Waals surface area contributed by atoms with Crippen LogP contribution in [0.2, 0.25) is 0 Å². The largest absolute Gasteiger partial charge is 0.465 e. The Labute approximate surface area is 185 Å². The Morgan fingerprint density at radius 2 is 1.69 bits per heavy atom. The molecule has 0 spiro atoms. The first-order chi connectivity index (χ1) is 15.3. The molecule has 0 radical (unpaired) electrons. The number of fused-ring (bicyclic) bond motifs is 5. The molecule has 5 nitrogen and oxygen atoms in total. The second-order valence-corrected chi connectivity index (χ2v) is 8.30. The van der Waals surface area contributed by atoms with Gasteiger partial charge in [-0.3, -0.25) is 4.79 Å². The summed E-state index contributed by atoms with van der Waals surface area (Å²) in [6.07, 6.45) is -1.26. The number of carbonyl (C=O) groups is 2. The Morgan fingerprint density at radius 3 is 2.38 bits per heavy atom. The lowest BCUT2D eigenvalue weighted by atomic mass is 9.82. The van der Waals surface area contributed by atoms with E-state index in [9.17, 15) is 14.7 Å². The first-order valence-corrected chi connectivity index (χ1v) is 10.4. The fraction of sp³-hybridized carbons (Fsp3) is 0.185. The quantitative estimate of drug-likeness (QED) is 0.416. The zero-order valence-electron chi connectivity index (χ0n) is 18.3. The normalized spacial score (nSPS) is 14.9. The minimum Gasteiger partial charge on any atom is -0.465 e. The van der Waals surface area contributed by atoms with E-state index in [1.165, 1.54) is 7.11 Å². The van der Waals surface area contributed by atoms with Crippen molar-refractivity contribution < 1.29 is 23.8 Å². The molecule has 0 aliphatic heterocycles. The number of furan rings is 1. The first kappa shape index (κ1) is 20.2. The highest BCUT2D eigenvalue weighted by Crippen LogP contribution is 2.47. The molecule has 32 heavy (non-hydrogen) atoms. The molecule has 0 bridgehead atoms. The van der Waals surface area contributed by atoms with Gasteiger partial charge >= 0.3 is 5.97 Å². The van der Waals surface area contributed by atoms with E-state index in [0.29, 0.717) is 33.8 Å². The van der Waals surface area contributed by atoms with Gasteiger partial charge in [0, 0.05) is 22.3 Å². The Balaban J connectivity index is 1.73. The summed E-state index contributed by atoms with van der Waals surface area (Å²) >= 11 is 0. The summed E-state index contributed by atoms with van der Waals surface area (Å²) in [5.74, 6) is 0.232. The molecule has 160 valence electrons. The third-order valence-electron chi connectivity index (χ3n) is 6.26. The third kappa shape index (κ3) is 2.82. The average Bonchev–Trinajstić information content (AvgIpc) is 3.13. The SMILES string of the molecule is COC(=O)c1ccc(-c2oc3c(c2C)C(=O)C(O)c2c-3ccc3c(C)cc(C)cc23)cc1. The minimum atomic E-state index is -1.26. The maximum absolute atomic E-state index is 13.3. The number of rotatable bonds is 2. The monoisotopic (exact) mass is 426 g/mol. The van der Waals surface area contributed by atoms with Crippen molar-refractivity contribution in [1.29, 1.82) is 0 Å². The van der Waals surface area contributed by atoms with Gasteiger partial charge in [-0.15, -0.1) is 0 Å². The summed E-state index contributed by atoms with van der Waals surface area (Å²) in [6.45, 7) is 5.84. The molecular formula is C27H22O5. The van der Waals surface area contributed by atoms with Gasteiger partial charge in [-0.1, -0.05) is 42.0 Å². The van der Waals surface area contributed by atoms with Crippen LogP contribution < -0.4 is 0 Å². The second-order valence-electron chi connectivity index (χ2n) is 8.30. The lowest BCUT2D eigenvalue weighted by molar-refractivity contribution is 0.0600. The molecule has 3 aromatic carbocycles. The molecule has 1 aliphatic rings. The van der Waals surface area contributed by atoms with E-state index in [-0.39, 0.29) is 5.78 Å². The Kier molecular flexibility index (Phi) is 4.53. The van der Waals surface area contributed by atoms with Gasteiger partial charge < -0.3 is 14.3 Å². The predicted octanol–water partition coefficient (Wildman–Crippen LogP) is 5.71. The van der Waals surface area contributed by atoms with Gasteiger partial charge in [-0.05, 0) is 49.2 Å². The van der Waals surface area contributed by atoms with Crippen LogP contribution in [-0.4, -0.2) is 24.0 Å². The molecule has 1 aromatic heterocycles. The van der Waals surface area contributed by atoms with Crippen LogP contribution in [0, 0.1) is 20.8 Å².